The SMILES string of the molecule is Cc1cc(=O)c(O)c([N+](C)(C)C(=O)O)n1C. The summed E-state index contributed by atoms with van der Waals surface area (Å²) in [5, 5.41) is 18.7. The lowest BCUT2D eigenvalue weighted by atomic mass is 10.3. The average molecular weight is 227 g/mol. The third-order valence-electron chi connectivity index (χ3n) is 2.64. The van der Waals surface area contributed by atoms with Gasteiger partial charge in [0.15, 0.2) is 0 Å². The fourth-order valence-corrected chi connectivity index (χ4v) is 1.52. The molecule has 16 heavy (non-hydrogen) atoms. The first-order valence-corrected chi connectivity index (χ1v) is 4.67. The highest BCUT2D eigenvalue weighted by Crippen LogP contribution is 2.27. The highest BCUT2D eigenvalue weighted by atomic mass is 16.4. The zero-order valence-corrected chi connectivity index (χ0v) is 9.68. The Hall–Kier alpha value is -1.82. The van der Waals surface area contributed by atoms with Crippen LogP contribution < -0.4 is 9.91 Å². The predicted molar refractivity (Wildman–Crippen MR) is 59.8 cm³/mol. The van der Waals surface area contributed by atoms with E-state index in [0.29, 0.717) is 5.69 Å². The van der Waals surface area contributed by atoms with Crippen molar-refractivity contribution in [2.75, 3.05) is 14.1 Å². The molecule has 0 saturated carbocycles. The molecule has 0 radical (unpaired) electrons. The predicted octanol–water partition coefficient (Wildman–Crippen LogP) is 0.644. The molecule has 0 aliphatic rings. The summed E-state index contributed by atoms with van der Waals surface area (Å²) in [6.07, 6.45) is -1.16. The maximum Gasteiger partial charge on any atom is 0.519 e. The molecular weight excluding hydrogens is 212 g/mol. The molecule has 88 valence electrons. The van der Waals surface area contributed by atoms with E-state index in [1.807, 2.05) is 0 Å². The summed E-state index contributed by atoms with van der Waals surface area (Å²) in [6.45, 7) is 1.67. The maximum atomic E-state index is 11.4. The molecule has 0 atom stereocenters. The van der Waals surface area contributed by atoms with Crippen LogP contribution in [0.25, 0.3) is 0 Å². The van der Waals surface area contributed by atoms with Crippen LogP contribution in [0.3, 0.4) is 0 Å². The number of aromatic hydroxyl groups is 1. The molecule has 0 aromatic carbocycles. The Kier molecular flexibility index (Phi) is 2.79. The Morgan fingerprint density at radius 1 is 1.44 bits per heavy atom. The number of quaternary nitrogens is 1. The molecule has 6 nitrogen and oxygen atoms in total. The van der Waals surface area contributed by atoms with Gasteiger partial charge in [0.25, 0.3) is 5.82 Å². The molecule has 2 N–H and O–H groups in total. The van der Waals surface area contributed by atoms with Gasteiger partial charge < -0.3 is 14.8 Å². The zero-order chi connectivity index (χ0) is 12.7. The van der Waals surface area contributed by atoms with Crippen LogP contribution in [-0.4, -0.2) is 35.0 Å². The van der Waals surface area contributed by atoms with Crippen molar-refractivity contribution < 1.29 is 15.0 Å². The Labute approximate surface area is 92.6 Å². The van der Waals surface area contributed by atoms with Gasteiger partial charge in [0, 0.05) is 18.8 Å². The van der Waals surface area contributed by atoms with Crippen LogP contribution >= 0.6 is 0 Å². The molecule has 1 amide bonds. The van der Waals surface area contributed by atoms with Gasteiger partial charge in [-0.15, -0.1) is 0 Å². The summed E-state index contributed by atoms with van der Waals surface area (Å²) < 4.78 is 0.879. The first-order valence-electron chi connectivity index (χ1n) is 4.67. The van der Waals surface area contributed by atoms with Gasteiger partial charge in [-0.1, -0.05) is 0 Å². The number of aryl methyl sites for hydroxylation is 1. The molecule has 1 rings (SSSR count). The number of rotatable bonds is 1. The van der Waals surface area contributed by atoms with Crippen molar-refractivity contribution in [2.24, 2.45) is 7.05 Å². The molecule has 1 aromatic heterocycles. The fourth-order valence-electron chi connectivity index (χ4n) is 1.52. The monoisotopic (exact) mass is 227 g/mol. The quantitative estimate of drug-likeness (QED) is 0.690. The van der Waals surface area contributed by atoms with Gasteiger partial charge in [0.2, 0.25) is 11.2 Å². The van der Waals surface area contributed by atoms with E-state index >= 15 is 0 Å². The van der Waals surface area contributed by atoms with Crippen LogP contribution in [0.5, 0.6) is 5.75 Å². The topological polar surface area (TPSA) is 79.5 Å². The number of carboxylic acid groups (broad SMARTS) is 1. The van der Waals surface area contributed by atoms with Crippen LogP contribution in [0, 0.1) is 6.92 Å². The van der Waals surface area contributed by atoms with Crippen molar-refractivity contribution in [1.82, 2.24) is 9.05 Å². The molecule has 0 fully saturated rings. The Balaban J connectivity index is 3.69. The summed E-state index contributed by atoms with van der Waals surface area (Å²) in [4.78, 5) is 22.5. The van der Waals surface area contributed by atoms with Crippen molar-refractivity contribution in [2.45, 2.75) is 6.92 Å². The number of aromatic nitrogens is 1. The third kappa shape index (κ3) is 1.67. The number of hydrogen-bond acceptors (Lipinski definition) is 3. The largest absolute Gasteiger partial charge is 0.519 e. The van der Waals surface area contributed by atoms with Crippen LogP contribution in [0.15, 0.2) is 10.9 Å². The van der Waals surface area contributed by atoms with Gasteiger partial charge in [-0.25, -0.2) is 0 Å². The van der Waals surface area contributed by atoms with Crippen molar-refractivity contribution in [3.63, 3.8) is 0 Å². The molecule has 1 heterocycles. The molecule has 0 aliphatic carbocycles. The summed E-state index contributed by atoms with van der Waals surface area (Å²) >= 11 is 0. The minimum Gasteiger partial charge on any atom is -0.499 e. The standard InChI is InChI=1S/C10H14N2O4/c1-6-5-7(13)8(14)9(11(6)2)12(3,4)10(15)16/h5H,1-4H3,(H-,14,15,16)/p+1. The number of hydrogen-bond donors (Lipinski definition) is 2. The highest BCUT2D eigenvalue weighted by molar-refractivity contribution is 5.80. The molecule has 0 spiro atoms. The number of pyridine rings is 1. The van der Waals surface area contributed by atoms with E-state index in [9.17, 15) is 14.7 Å². The van der Waals surface area contributed by atoms with Gasteiger partial charge in [-0.2, -0.15) is 9.28 Å². The Morgan fingerprint density at radius 3 is 2.38 bits per heavy atom. The third-order valence-corrected chi connectivity index (χ3v) is 2.64. The number of carbonyl (C=O) groups is 1. The molecular formula is C10H15N2O4+. The van der Waals surface area contributed by atoms with Crippen LogP contribution in [-0.2, 0) is 7.05 Å². The zero-order valence-electron chi connectivity index (χ0n) is 9.68. The summed E-state index contributed by atoms with van der Waals surface area (Å²) in [5.41, 5.74) is 0.0169. The second-order valence-electron chi connectivity index (χ2n) is 4.12. The number of nitrogens with zero attached hydrogens (tertiary/aromatic N) is 2. The second kappa shape index (κ2) is 3.64. The van der Waals surface area contributed by atoms with E-state index in [0.717, 1.165) is 0 Å². The summed E-state index contributed by atoms with van der Waals surface area (Å²) in [6, 6.07) is 1.26. The van der Waals surface area contributed by atoms with Crippen molar-refractivity contribution in [3.8, 4) is 5.75 Å². The molecule has 0 aliphatic heterocycles. The smallest absolute Gasteiger partial charge is 0.499 e. The lowest BCUT2D eigenvalue weighted by Gasteiger charge is -2.25. The van der Waals surface area contributed by atoms with E-state index in [1.165, 1.54) is 24.7 Å². The van der Waals surface area contributed by atoms with Gasteiger partial charge >= 0.3 is 6.09 Å². The minimum absolute atomic E-state index is 0.0532. The Bertz CT molecular complexity index is 502. The Morgan fingerprint density at radius 2 is 1.94 bits per heavy atom. The first kappa shape index (κ1) is 12.3. The molecule has 1 aromatic rings. The first-order chi connectivity index (χ1) is 7.19. The normalized spacial score (nSPS) is 11.5. The highest BCUT2D eigenvalue weighted by Gasteiger charge is 2.36. The van der Waals surface area contributed by atoms with Gasteiger partial charge in [0.05, 0.1) is 14.1 Å². The van der Waals surface area contributed by atoms with Gasteiger partial charge in [-0.05, 0) is 6.92 Å². The van der Waals surface area contributed by atoms with E-state index in [1.54, 1.807) is 14.0 Å². The maximum absolute atomic E-state index is 11.4. The van der Waals surface area contributed by atoms with Crippen LogP contribution in [0.1, 0.15) is 5.69 Å². The van der Waals surface area contributed by atoms with Crippen LogP contribution in [0.4, 0.5) is 10.6 Å². The minimum atomic E-state index is -1.16. The van der Waals surface area contributed by atoms with Crippen molar-refractivity contribution in [1.29, 1.82) is 0 Å². The van der Waals surface area contributed by atoms with Gasteiger partial charge in [-0.3, -0.25) is 4.79 Å². The lowest BCUT2D eigenvalue weighted by Crippen LogP contribution is -2.48. The van der Waals surface area contributed by atoms with Crippen molar-refractivity contribution in [3.05, 3.63) is 22.0 Å². The van der Waals surface area contributed by atoms with E-state index in [2.05, 4.69) is 0 Å². The van der Waals surface area contributed by atoms with E-state index in [4.69, 9.17) is 5.11 Å². The molecule has 0 unspecified atom stereocenters. The summed E-state index contributed by atoms with van der Waals surface area (Å²) in [5.74, 6) is -0.474. The fraction of sp³-hybridized carbons (Fsp3) is 0.400. The number of amides is 1. The summed E-state index contributed by atoms with van der Waals surface area (Å²) in [7, 11) is 4.37. The van der Waals surface area contributed by atoms with E-state index in [-0.39, 0.29) is 5.82 Å². The van der Waals surface area contributed by atoms with E-state index < -0.39 is 21.8 Å². The van der Waals surface area contributed by atoms with Crippen molar-refractivity contribution >= 4 is 11.9 Å². The average Bonchev–Trinajstić information content (AvgIpc) is 2.14. The molecule has 0 saturated heterocycles. The second-order valence-corrected chi connectivity index (χ2v) is 4.12. The van der Waals surface area contributed by atoms with Gasteiger partial charge in [0.1, 0.15) is 0 Å². The lowest BCUT2D eigenvalue weighted by molar-refractivity contribution is 0.162. The molecule has 6 heteroatoms. The molecule has 0 bridgehead atoms. The van der Waals surface area contributed by atoms with Crippen LogP contribution in [0.2, 0.25) is 0 Å².